The van der Waals surface area contributed by atoms with Gasteiger partial charge in [0, 0.05) is 15.4 Å². The van der Waals surface area contributed by atoms with Crippen molar-refractivity contribution >= 4 is 43.2 Å². The van der Waals surface area contributed by atoms with Crippen LogP contribution < -0.4 is 5.32 Å². The Morgan fingerprint density at radius 1 is 1.39 bits per heavy atom. The van der Waals surface area contributed by atoms with Crippen LogP contribution in [-0.4, -0.2) is 6.54 Å². The van der Waals surface area contributed by atoms with E-state index >= 15 is 0 Å². The van der Waals surface area contributed by atoms with Crippen LogP contribution in [0.4, 0.5) is 0 Å². The van der Waals surface area contributed by atoms with E-state index in [1.165, 1.54) is 34.3 Å². The number of unbranched alkanes of at least 4 members (excludes halogenated alkanes) is 3. The van der Waals surface area contributed by atoms with Crippen molar-refractivity contribution < 1.29 is 0 Å². The van der Waals surface area contributed by atoms with Gasteiger partial charge >= 0.3 is 0 Å². The Morgan fingerprint density at radius 3 is 2.72 bits per heavy atom. The van der Waals surface area contributed by atoms with E-state index in [4.69, 9.17) is 0 Å². The first kappa shape index (κ1) is 16.4. The fourth-order valence-corrected chi connectivity index (χ4v) is 4.14. The van der Waals surface area contributed by atoms with Gasteiger partial charge in [0.15, 0.2) is 0 Å². The Hall–Kier alpha value is 0.360. The molecule has 102 valence electrons. The minimum atomic E-state index is 0.492. The Balaban J connectivity index is 2.46. The van der Waals surface area contributed by atoms with E-state index in [-0.39, 0.29) is 0 Å². The van der Waals surface area contributed by atoms with Crippen molar-refractivity contribution in [1.82, 2.24) is 5.32 Å². The fourth-order valence-electron chi connectivity index (χ4n) is 1.94. The third kappa shape index (κ3) is 5.55. The van der Waals surface area contributed by atoms with Crippen molar-refractivity contribution in [2.24, 2.45) is 0 Å². The summed E-state index contributed by atoms with van der Waals surface area (Å²) in [5, 5.41) is 3.58. The second-order valence-corrected chi connectivity index (χ2v) is 7.56. The summed E-state index contributed by atoms with van der Waals surface area (Å²) < 4.78 is 2.35. The smallest absolute Gasteiger partial charge is 0.0843 e. The molecule has 1 heterocycles. The number of allylic oxidation sites excluding steroid dienone is 1. The van der Waals surface area contributed by atoms with Crippen molar-refractivity contribution in [3.05, 3.63) is 31.9 Å². The maximum atomic E-state index is 3.76. The normalized spacial score (nSPS) is 12.6. The summed E-state index contributed by atoms with van der Waals surface area (Å²) in [6.45, 7) is 6.95. The molecule has 0 amide bonds. The maximum Gasteiger partial charge on any atom is 0.0843 e. The van der Waals surface area contributed by atoms with Crippen molar-refractivity contribution in [1.29, 1.82) is 0 Å². The Bertz CT molecular complexity index is 343. The van der Waals surface area contributed by atoms with E-state index in [2.05, 4.69) is 56.7 Å². The molecule has 0 bridgehead atoms. The van der Waals surface area contributed by atoms with E-state index in [1.807, 2.05) is 17.4 Å². The van der Waals surface area contributed by atoms with Crippen LogP contribution in [0.2, 0.25) is 0 Å². The molecule has 0 saturated carbocycles. The van der Waals surface area contributed by atoms with Crippen molar-refractivity contribution in [3.8, 4) is 0 Å². The molecule has 1 N–H and O–H groups in total. The number of hydrogen-bond acceptors (Lipinski definition) is 2. The van der Waals surface area contributed by atoms with E-state index < -0.39 is 0 Å². The van der Waals surface area contributed by atoms with Gasteiger partial charge in [0.25, 0.3) is 0 Å². The topological polar surface area (TPSA) is 12.0 Å². The van der Waals surface area contributed by atoms with Gasteiger partial charge in [-0.15, -0.1) is 17.9 Å². The van der Waals surface area contributed by atoms with Crippen molar-refractivity contribution in [3.63, 3.8) is 0 Å². The summed E-state index contributed by atoms with van der Waals surface area (Å²) >= 11 is 8.96. The minimum absolute atomic E-state index is 0.492. The first-order valence-corrected chi connectivity index (χ1v) is 8.88. The summed E-state index contributed by atoms with van der Waals surface area (Å²) in [6.07, 6.45) is 8.20. The van der Waals surface area contributed by atoms with Gasteiger partial charge in [0.2, 0.25) is 0 Å². The lowest BCUT2D eigenvalue weighted by Crippen LogP contribution is -2.19. The molecule has 1 aromatic rings. The van der Waals surface area contributed by atoms with Crippen LogP contribution in [0.5, 0.6) is 0 Å². The number of thiophene rings is 1. The quantitative estimate of drug-likeness (QED) is 0.396. The molecule has 0 spiro atoms. The molecule has 0 radical (unpaired) electrons. The van der Waals surface area contributed by atoms with Crippen LogP contribution >= 0.6 is 43.2 Å². The molecule has 18 heavy (non-hydrogen) atoms. The predicted octanol–water partition coefficient (Wildman–Crippen LogP) is 6.06. The van der Waals surface area contributed by atoms with Gasteiger partial charge in [-0.2, -0.15) is 0 Å². The van der Waals surface area contributed by atoms with Gasteiger partial charge in [0.05, 0.1) is 3.79 Å². The van der Waals surface area contributed by atoms with Gasteiger partial charge in [-0.25, -0.2) is 0 Å². The average Bonchev–Trinajstić information content (AvgIpc) is 2.68. The second-order valence-electron chi connectivity index (χ2n) is 4.31. The predicted molar refractivity (Wildman–Crippen MR) is 89.4 cm³/mol. The van der Waals surface area contributed by atoms with E-state index in [9.17, 15) is 0 Å². The molecule has 1 rings (SSSR count). The molecular formula is C14H21Br2NS. The highest BCUT2D eigenvalue weighted by atomic mass is 79.9. The lowest BCUT2D eigenvalue weighted by molar-refractivity contribution is 0.490. The van der Waals surface area contributed by atoms with Crippen LogP contribution in [0, 0.1) is 0 Å². The molecule has 4 heteroatoms. The molecule has 1 unspecified atom stereocenters. The number of hydrogen-bond donors (Lipinski definition) is 1. The molecule has 0 saturated heterocycles. The van der Waals surface area contributed by atoms with Crippen molar-refractivity contribution in [2.75, 3.05) is 6.54 Å². The molecule has 0 aliphatic rings. The summed E-state index contributed by atoms with van der Waals surface area (Å²) in [5.41, 5.74) is 0. The number of halogens is 2. The van der Waals surface area contributed by atoms with Gasteiger partial charge in [0.1, 0.15) is 0 Å². The fraction of sp³-hybridized carbons (Fsp3) is 0.571. The number of rotatable bonds is 9. The average molecular weight is 395 g/mol. The van der Waals surface area contributed by atoms with Crippen LogP contribution in [0.15, 0.2) is 27.0 Å². The SMILES string of the molecule is C=CCCCCCC(NCC)c1cc(Br)c(Br)s1. The molecule has 1 nitrogen and oxygen atoms in total. The lowest BCUT2D eigenvalue weighted by Gasteiger charge is -2.16. The molecule has 0 aliphatic heterocycles. The van der Waals surface area contributed by atoms with Crippen LogP contribution in [0.25, 0.3) is 0 Å². The molecule has 1 aromatic heterocycles. The third-order valence-corrected chi connectivity index (χ3v) is 6.23. The highest BCUT2D eigenvalue weighted by Gasteiger charge is 2.14. The highest BCUT2D eigenvalue weighted by Crippen LogP contribution is 2.36. The largest absolute Gasteiger partial charge is 0.310 e. The minimum Gasteiger partial charge on any atom is -0.310 e. The zero-order valence-corrected chi connectivity index (χ0v) is 14.8. The summed E-state index contributed by atoms with van der Waals surface area (Å²) in [5.74, 6) is 0. The Kier molecular flexibility index (Phi) is 8.47. The first-order chi connectivity index (χ1) is 8.69. The van der Waals surface area contributed by atoms with Crippen molar-refractivity contribution in [2.45, 2.75) is 45.1 Å². The third-order valence-electron chi connectivity index (χ3n) is 2.86. The highest BCUT2D eigenvalue weighted by molar-refractivity contribution is 9.13. The molecule has 1 atom stereocenters. The monoisotopic (exact) mass is 393 g/mol. The van der Waals surface area contributed by atoms with E-state index in [0.717, 1.165) is 17.4 Å². The van der Waals surface area contributed by atoms with Crippen LogP contribution in [-0.2, 0) is 0 Å². The Morgan fingerprint density at radius 2 is 2.17 bits per heavy atom. The molecule has 0 aromatic carbocycles. The molecule has 0 aliphatic carbocycles. The zero-order chi connectivity index (χ0) is 13.4. The van der Waals surface area contributed by atoms with Crippen LogP contribution in [0.1, 0.15) is 49.9 Å². The first-order valence-electron chi connectivity index (χ1n) is 6.48. The summed E-state index contributed by atoms with van der Waals surface area (Å²) in [6, 6.07) is 2.72. The molecular weight excluding hydrogens is 374 g/mol. The summed E-state index contributed by atoms with van der Waals surface area (Å²) in [4.78, 5) is 1.42. The van der Waals surface area contributed by atoms with Gasteiger partial charge in [-0.1, -0.05) is 25.8 Å². The Labute approximate surface area is 131 Å². The van der Waals surface area contributed by atoms with Gasteiger partial charge < -0.3 is 5.32 Å². The van der Waals surface area contributed by atoms with Crippen LogP contribution in [0.3, 0.4) is 0 Å². The standard InChI is InChI=1S/C14H21Br2NS/c1-3-5-6-7-8-9-12(17-4-2)13-10-11(15)14(16)18-13/h3,10,12,17H,1,4-9H2,2H3. The molecule has 0 fully saturated rings. The van der Waals surface area contributed by atoms with E-state index in [1.54, 1.807) is 0 Å². The number of nitrogens with one attached hydrogen (secondary N) is 1. The van der Waals surface area contributed by atoms with Gasteiger partial charge in [-0.05, 0) is 63.7 Å². The second kappa shape index (κ2) is 9.29. The maximum absolute atomic E-state index is 3.76. The zero-order valence-electron chi connectivity index (χ0n) is 10.8. The van der Waals surface area contributed by atoms with Gasteiger partial charge in [-0.3, -0.25) is 0 Å². The summed E-state index contributed by atoms with van der Waals surface area (Å²) in [7, 11) is 0. The van der Waals surface area contributed by atoms with E-state index in [0.29, 0.717) is 6.04 Å². The lowest BCUT2D eigenvalue weighted by atomic mass is 10.1.